The highest BCUT2D eigenvalue weighted by Gasteiger charge is 2.05. The van der Waals surface area contributed by atoms with Crippen LogP contribution in [0.2, 0.25) is 10.0 Å². The van der Waals surface area contributed by atoms with Gasteiger partial charge in [-0.1, -0.05) is 35.3 Å². The van der Waals surface area contributed by atoms with Gasteiger partial charge in [0.2, 0.25) is 5.91 Å². The molecule has 0 bridgehead atoms. The highest BCUT2D eigenvalue weighted by atomic mass is 35.5. The molecule has 2 aromatic rings. The first-order valence-electron chi connectivity index (χ1n) is 6.05. The summed E-state index contributed by atoms with van der Waals surface area (Å²) in [6.07, 6.45) is 0. The van der Waals surface area contributed by atoms with Gasteiger partial charge < -0.3 is 11.1 Å². The van der Waals surface area contributed by atoms with Crippen LogP contribution >= 0.6 is 23.2 Å². The highest BCUT2D eigenvalue weighted by molar-refractivity contribution is 6.35. The van der Waals surface area contributed by atoms with Gasteiger partial charge in [0.05, 0.1) is 10.7 Å². The molecule has 0 saturated heterocycles. The lowest BCUT2D eigenvalue weighted by molar-refractivity contribution is 0.1000. The molecule has 0 saturated carbocycles. The van der Waals surface area contributed by atoms with E-state index in [2.05, 4.69) is 5.32 Å². The van der Waals surface area contributed by atoms with Crippen LogP contribution in [0.25, 0.3) is 0 Å². The van der Waals surface area contributed by atoms with Crippen molar-refractivity contribution in [3.05, 3.63) is 63.1 Å². The first kappa shape index (κ1) is 14.7. The summed E-state index contributed by atoms with van der Waals surface area (Å²) in [6, 6.07) is 10.7. The lowest BCUT2D eigenvalue weighted by Gasteiger charge is -2.11. The monoisotopic (exact) mass is 308 g/mol. The van der Waals surface area contributed by atoms with Crippen LogP contribution in [0.5, 0.6) is 0 Å². The number of nitrogens with two attached hydrogens (primary N) is 1. The van der Waals surface area contributed by atoms with Crippen LogP contribution in [0, 0.1) is 6.92 Å². The zero-order valence-corrected chi connectivity index (χ0v) is 12.4. The maximum absolute atomic E-state index is 11.1. The number of carbonyl (C=O) groups is 1. The Labute approximate surface area is 127 Å². The average molecular weight is 309 g/mol. The van der Waals surface area contributed by atoms with Gasteiger partial charge in [0.25, 0.3) is 0 Å². The van der Waals surface area contributed by atoms with Crippen molar-refractivity contribution >= 4 is 34.8 Å². The van der Waals surface area contributed by atoms with Crippen LogP contribution in [-0.4, -0.2) is 5.91 Å². The summed E-state index contributed by atoms with van der Waals surface area (Å²) < 4.78 is 0. The number of carbonyl (C=O) groups excluding carboxylic acids is 1. The summed E-state index contributed by atoms with van der Waals surface area (Å²) in [7, 11) is 0. The van der Waals surface area contributed by atoms with Gasteiger partial charge in [-0.15, -0.1) is 0 Å². The lowest BCUT2D eigenvalue weighted by Crippen LogP contribution is -2.11. The lowest BCUT2D eigenvalue weighted by atomic mass is 10.1. The molecule has 0 unspecified atom stereocenters. The van der Waals surface area contributed by atoms with Gasteiger partial charge in [0, 0.05) is 17.1 Å². The van der Waals surface area contributed by atoms with E-state index in [-0.39, 0.29) is 0 Å². The standard InChI is InChI=1S/C15H14Cl2N2O/c1-9-5-13(17)14(7-12(9)16)19-8-10-3-2-4-11(6-10)15(18)20/h2-7,19H,8H2,1H3,(H2,18,20). The molecule has 1 amide bonds. The normalized spacial score (nSPS) is 10.3. The predicted molar refractivity (Wildman–Crippen MR) is 83.5 cm³/mol. The summed E-state index contributed by atoms with van der Waals surface area (Å²) in [5.41, 5.74) is 8.36. The van der Waals surface area contributed by atoms with E-state index in [1.807, 2.05) is 19.1 Å². The summed E-state index contributed by atoms with van der Waals surface area (Å²) in [5, 5.41) is 4.46. The highest BCUT2D eigenvalue weighted by Crippen LogP contribution is 2.29. The summed E-state index contributed by atoms with van der Waals surface area (Å²) in [5.74, 6) is -0.441. The van der Waals surface area contributed by atoms with Crippen LogP contribution in [-0.2, 0) is 6.54 Å². The van der Waals surface area contributed by atoms with Gasteiger partial charge in [0.1, 0.15) is 0 Å². The molecule has 3 N–H and O–H groups in total. The van der Waals surface area contributed by atoms with Crippen molar-refractivity contribution in [2.24, 2.45) is 5.73 Å². The van der Waals surface area contributed by atoms with E-state index in [0.717, 1.165) is 16.8 Å². The number of hydrogen-bond acceptors (Lipinski definition) is 2. The fourth-order valence-corrected chi connectivity index (χ4v) is 2.26. The van der Waals surface area contributed by atoms with E-state index in [1.54, 1.807) is 24.3 Å². The molecule has 0 spiro atoms. The minimum Gasteiger partial charge on any atom is -0.380 e. The maximum Gasteiger partial charge on any atom is 0.248 e. The third-order valence-corrected chi connectivity index (χ3v) is 3.66. The molecule has 20 heavy (non-hydrogen) atoms. The van der Waals surface area contributed by atoms with Crippen LogP contribution in [0.4, 0.5) is 5.69 Å². The zero-order valence-electron chi connectivity index (χ0n) is 10.9. The molecule has 104 valence electrons. The molecule has 0 aliphatic carbocycles. The topological polar surface area (TPSA) is 55.1 Å². The van der Waals surface area contributed by atoms with Crippen molar-refractivity contribution < 1.29 is 4.79 Å². The second kappa shape index (κ2) is 6.16. The number of rotatable bonds is 4. The minimum absolute atomic E-state index is 0.441. The van der Waals surface area contributed by atoms with Gasteiger partial charge in [-0.2, -0.15) is 0 Å². The van der Waals surface area contributed by atoms with Gasteiger partial charge in [0.15, 0.2) is 0 Å². The first-order chi connectivity index (χ1) is 9.47. The van der Waals surface area contributed by atoms with Crippen molar-refractivity contribution in [2.75, 3.05) is 5.32 Å². The molecule has 5 heteroatoms. The molecule has 2 rings (SSSR count). The molecule has 0 aromatic heterocycles. The van der Waals surface area contributed by atoms with Crippen molar-refractivity contribution in [3.63, 3.8) is 0 Å². The zero-order chi connectivity index (χ0) is 14.7. The molecule has 0 atom stereocenters. The van der Waals surface area contributed by atoms with E-state index in [9.17, 15) is 4.79 Å². The number of aryl methyl sites for hydroxylation is 1. The Morgan fingerprint density at radius 3 is 2.65 bits per heavy atom. The molecule has 2 aromatic carbocycles. The van der Waals surface area contributed by atoms with E-state index in [1.165, 1.54) is 0 Å². The molecule has 0 radical (unpaired) electrons. The Kier molecular flexibility index (Phi) is 4.53. The van der Waals surface area contributed by atoms with Gasteiger partial charge >= 0.3 is 0 Å². The van der Waals surface area contributed by atoms with E-state index >= 15 is 0 Å². The van der Waals surface area contributed by atoms with Crippen LogP contribution in [0.3, 0.4) is 0 Å². The second-order valence-corrected chi connectivity index (χ2v) is 5.31. The van der Waals surface area contributed by atoms with Crippen molar-refractivity contribution in [2.45, 2.75) is 13.5 Å². The molecule has 0 aliphatic heterocycles. The third-order valence-electron chi connectivity index (χ3n) is 2.94. The van der Waals surface area contributed by atoms with Gasteiger partial charge in [-0.25, -0.2) is 0 Å². The van der Waals surface area contributed by atoms with Crippen molar-refractivity contribution in [1.82, 2.24) is 0 Å². The Balaban J connectivity index is 2.15. The number of amides is 1. The number of halogens is 2. The quantitative estimate of drug-likeness (QED) is 0.896. The summed E-state index contributed by atoms with van der Waals surface area (Å²) >= 11 is 12.2. The van der Waals surface area contributed by atoms with Gasteiger partial charge in [-0.05, 0) is 42.3 Å². The number of hydrogen-bond donors (Lipinski definition) is 2. The molecule has 0 aliphatic rings. The van der Waals surface area contributed by atoms with E-state index in [0.29, 0.717) is 22.2 Å². The SMILES string of the molecule is Cc1cc(Cl)c(NCc2cccc(C(N)=O)c2)cc1Cl. The molecule has 0 fully saturated rings. The second-order valence-electron chi connectivity index (χ2n) is 4.50. The number of nitrogens with one attached hydrogen (secondary N) is 1. The van der Waals surface area contributed by atoms with Crippen LogP contribution in [0.1, 0.15) is 21.5 Å². The van der Waals surface area contributed by atoms with Crippen molar-refractivity contribution in [3.8, 4) is 0 Å². The molecular formula is C15H14Cl2N2O. The third kappa shape index (κ3) is 3.44. The number of anilines is 1. The van der Waals surface area contributed by atoms with Crippen LogP contribution in [0.15, 0.2) is 36.4 Å². The maximum atomic E-state index is 11.1. The molecule has 3 nitrogen and oxygen atoms in total. The number of primary amides is 1. The Bertz CT molecular complexity index is 656. The predicted octanol–water partition coefficient (Wildman–Crippen LogP) is 4.01. The fourth-order valence-electron chi connectivity index (χ4n) is 1.81. The van der Waals surface area contributed by atoms with Gasteiger partial charge in [-0.3, -0.25) is 4.79 Å². The number of benzene rings is 2. The average Bonchev–Trinajstić information content (AvgIpc) is 2.41. The Hall–Kier alpha value is -1.71. The summed E-state index contributed by atoms with van der Waals surface area (Å²) in [6.45, 7) is 2.43. The first-order valence-corrected chi connectivity index (χ1v) is 6.81. The van der Waals surface area contributed by atoms with E-state index in [4.69, 9.17) is 28.9 Å². The minimum atomic E-state index is -0.441. The fraction of sp³-hybridized carbons (Fsp3) is 0.133. The molecule has 0 heterocycles. The van der Waals surface area contributed by atoms with Crippen LogP contribution < -0.4 is 11.1 Å². The van der Waals surface area contributed by atoms with Crippen molar-refractivity contribution in [1.29, 1.82) is 0 Å². The Morgan fingerprint density at radius 2 is 1.95 bits per heavy atom. The Morgan fingerprint density at radius 1 is 1.20 bits per heavy atom. The summed E-state index contributed by atoms with van der Waals surface area (Å²) in [4.78, 5) is 11.1. The molecular weight excluding hydrogens is 295 g/mol. The van der Waals surface area contributed by atoms with E-state index < -0.39 is 5.91 Å². The largest absolute Gasteiger partial charge is 0.380 e. The smallest absolute Gasteiger partial charge is 0.248 e.